The van der Waals surface area contributed by atoms with Gasteiger partial charge in [0.2, 0.25) is 5.91 Å². The van der Waals surface area contributed by atoms with E-state index in [9.17, 15) is 27.4 Å². The van der Waals surface area contributed by atoms with Crippen molar-refractivity contribution in [3.8, 4) is 0 Å². The summed E-state index contributed by atoms with van der Waals surface area (Å²) < 4.78 is 34.3. The molecule has 1 fully saturated rings. The molecule has 10 nitrogen and oxygen atoms in total. The molecule has 2 amide bonds. The van der Waals surface area contributed by atoms with Gasteiger partial charge in [-0.3, -0.25) is 14.1 Å². The molecule has 12 heteroatoms. The van der Waals surface area contributed by atoms with E-state index < -0.39 is 33.3 Å². The average Bonchev–Trinajstić information content (AvgIpc) is 2.71. The monoisotopic (exact) mass is 470 g/mol. The van der Waals surface area contributed by atoms with Crippen molar-refractivity contribution in [2.24, 2.45) is 0 Å². The molecule has 0 aromatic carbocycles. The molecule has 0 spiro atoms. The van der Waals surface area contributed by atoms with Gasteiger partial charge in [0.25, 0.3) is 16.0 Å². The smallest absolute Gasteiger partial charge is 0.336 e. The van der Waals surface area contributed by atoms with Crippen LogP contribution < -0.4 is 9.88 Å². The van der Waals surface area contributed by atoms with Gasteiger partial charge in [0.05, 0.1) is 5.56 Å². The van der Waals surface area contributed by atoms with Crippen LogP contribution in [0.3, 0.4) is 0 Å². The van der Waals surface area contributed by atoms with Crippen LogP contribution in [0.4, 0.5) is 0 Å². The fraction of sp³-hybridized carbons (Fsp3) is 0.474. The molecule has 1 aromatic rings. The summed E-state index contributed by atoms with van der Waals surface area (Å²) in [6.45, 7) is 2.32. The molecule has 1 saturated heterocycles. The lowest BCUT2D eigenvalue weighted by Crippen LogP contribution is -2.69. The van der Waals surface area contributed by atoms with Gasteiger partial charge in [-0.2, -0.15) is 8.42 Å². The summed E-state index contributed by atoms with van der Waals surface area (Å²) in [5, 5.41) is 9.52. The number of aromatic nitrogens is 1. The largest absolute Gasteiger partial charge is 0.478 e. The number of carbonyl (C=O) groups excluding carboxylic acids is 2. The second-order valence-corrected chi connectivity index (χ2v) is 10.1. The molecule has 168 valence electrons. The Hall–Kier alpha value is -2.44. The van der Waals surface area contributed by atoms with Crippen molar-refractivity contribution >= 4 is 39.7 Å². The highest BCUT2D eigenvalue weighted by Gasteiger charge is 2.50. The number of aromatic carboxylic acids is 1. The Kier molecular flexibility index (Phi) is 7.02. The summed E-state index contributed by atoms with van der Waals surface area (Å²) >= 11 is 1.44. The first-order valence-electron chi connectivity index (χ1n) is 9.74. The first kappa shape index (κ1) is 23.2. The van der Waals surface area contributed by atoms with Crippen molar-refractivity contribution in [1.82, 2.24) is 10.2 Å². The van der Waals surface area contributed by atoms with Crippen LogP contribution in [-0.4, -0.2) is 63.2 Å². The van der Waals surface area contributed by atoms with Crippen molar-refractivity contribution in [2.45, 2.75) is 49.4 Å². The normalized spacial score (nSPS) is 21.5. The molecule has 0 radical (unpaired) electrons. The van der Waals surface area contributed by atoms with Gasteiger partial charge >= 0.3 is 5.97 Å². The van der Waals surface area contributed by atoms with E-state index in [1.807, 2.05) is 6.92 Å². The summed E-state index contributed by atoms with van der Waals surface area (Å²) in [6, 6.07) is 2.14. The minimum absolute atomic E-state index is 0.00839. The number of pyridine rings is 1. The molecule has 2 aliphatic rings. The molecule has 3 heterocycles. The molecule has 0 bridgehead atoms. The fourth-order valence-corrected chi connectivity index (χ4v) is 5.49. The highest BCUT2D eigenvalue weighted by molar-refractivity contribution is 8.00. The van der Waals surface area contributed by atoms with Gasteiger partial charge in [0.15, 0.2) is 24.2 Å². The van der Waals surface area contributed by atoms with Gasteiger partial charge in [0, 0.05) is 29.7 Å². The molecular weight excluding hydrogens is 446 g/mol. The van der Waals surface area contributed by atoms with E-state index in [2.05, 4.69) is 5.32 Å². The topological polar surface area (TPSA) is 145 Å². The summed E-state index contributed by atoms with van der Waals surface area (Å²) in [5.74, 6) is -1.63. The Balaban J connectivity index is 1.62. The van der Waals surface area contributed by atoms with E-state index in [1.165, 1.54) is 28.8 Å². The molecule has 3 rings (SSSR count). The number of nitrogens with one attached hydrogen (secondary N) is 1. The van der Waals surface area contributed by atoms with Crippen molar-refractivity contribution < 1.29 is 37.0 Å². The first-order valence-corrected chi connectivity index (χ1v) is 12.3. The Morgan fingerprint density at radius 2 is 2.03 bits per heavy atom. The lowest BCUT2D eigenvalue weighted by atomic mass is 10.1. The summed E-state index contributed by atoms with van der Waals surface area (Å²) in [4.78, 5) is 37.3. The summed E-state index contributed by atoms with van der Waals surface area (Å²) in [6.07, 6.45) is 6.12. The zero-order valence-corrected chi connectivity index (χ0v) is 18.4. The van der Waals surface area contributed by atoms with Crippen LogP contribution in [0.1, 0.15) is 36.5 Å². The van der Waals surface area contributed by atoms with Crippen LogP contribution in [0.25, 0.3) is 0 Å². The quantitative estimate of drug-likeness (QED) is 0.267. The van der Waals surface area contributed by atoms with Gasteiger partial charge in [-0.25, -0.2) is 9.36 Å². The van der Waals surface area contributed by atoms with E-state index in [0.717, 1.165) is 5.57 Å². The van der Waals surface area contributed by atoms with Crippen molar-refractivity contribution in [3.63, 3.8) is 0 Å². The minimum atomic E-state index is -4.56. The zero-order chi connectivity index (χ0) is 22.8. The molecule has 1 aromatic heterocycles. The SMILES string of the molecule is CCCCC(C(=O)NC1C(=O)N2C=C(C[n+]3ccc(C(=O)O)cc3)CS[C@H]12)S(=O)(=O)O. The molecule has 31 heavy (non-hydrogen) atoms. The average molecular weight is 471 g/mol. The third kappa shape index (κ3) is 5.25. The minimum Gasteiger partial charge on any atom is -0.478 e. The maximum absolute atomic E-state index is 12.5. The lowest BCUT2D eigenvalue weighted by molar-refractivity contribution is -0.689. The number of carbonyl (C=O) groups is 3. The van der Waals surface area contributed by atoms with E-state index in [-0.39, 0.29) is 23.3 Å². The predicted molar refractivity (Wildman–Crippen MR) is 112 cm³/mol. The maximum Gasteiger partial charge on any atom is 0.336 e. The summed E-state index contributed by atoms with van der Waals surface area (Å²) in [5.41, 5.74) is 1.12. The molecule has 3 N–H and O–H groups in total. The number of carboxylic acid groups (broad SMARTS) is 1. The van der Waals surface area contributed by atoms with E-state index >= 15 is 0 Å². The number of fused-ring (bicyclic) bond motifs is 1. The number of rotatable bonds is 9. The molecular formula is C19H24N3O7S2+. The third-order valence-electron chi connectivity index (χ3n) is 5.13. The number of unbranched alkanes of at least 4 members (excludes halogenated alkanes) is 1. The number of hydrogen-bond acceptors (Lipinski definition) is 6. The highest BCUT2D eigenvalue weighted by Crippen LogP contribution is 2.36. The third-order valence-corrected chi connectivity index (χ3v) is 7.68. The molecule has 2 unspecified atom stereocenters. The number of nitrogens with zero attached hydrogens (tertiary/aromatic N) is 2. The number of carboxylic acids is 1. The number of β-lactam (4-membered cyclic amide) rings is 1. The Bertz CT molecular complexity index is 1010. The van der Waals surface area contributed by atoms with E-state index in [0.29, 0.717) is 25.1 Å². The van der Waals surface area contributed by atoms with Gasteiger partial charge in [-0.05, 0) is 6.42 Å². The number of thioether (sulfide) groups is 1. The lowest BCUT2D eigenvalue weighted by Gasteiger charge is -2.47. The number of hydrogen-bond donors (Lipinski definition) is 3. The first-order chi connectivity index (χ1) is 14.6. The maximum atomic E-state index is 12.5. The van der Waals surface area contributed by atoms with Gasteiger partial charge in [-0.1, -0.05) is 19.8 Å². The molecule has 0 aliphatic carbocycles. The second kappa shape index (κ2) is 9.37. The van der Waals surface area contributed by atoms with Crippen molar-refractivity contribution in [3.05, 3.63) is 41.9 Å². The summed E-state index contributed by atoms with van der Waals surface area (Å²) in [7, 11) is -4.56. The van der Waals surface area contributed by atoms with Crippen molar-refractivity contribution in [1.29, 1.82) is 0 Å². The van der Waals surface area contributed by atoms with E-state index in [4.69, 9.17) is 5.11 Å². The Morgan fingerprint density at radius 1 is 1.35 bits per heavy atom. The number of amides is 2. The van der Waals surface area contributed by atoms with Gasteiger partial charge in [0.1, 0.15) is 11.4 Å². The molecule has 0 saturated carbocycles. The standard InChI is InChI=1S/C19H23N3O7S2/c1-2-3-4-14(31(27,28)29)16(23)20-15-17(24)22-10-12(11-30-18(15)22)9-21-7-5-13(6-8-21)19(25)26/h5-8,10,14-15,18H,2-4,9,11H2,1H3,(H2-,20,23,25,26,27,28,29)/p+1/t14?,15?,18-/m1/s1. The fourth-order valence-electron chi connectivity index (χ4n) is 3.44. The zero-order valence-electron chi connectivity index (χ0n) is 16.8. The van der Waals surface area contributed by atoms with Crippen LogP contribution in [0.15, 0.2) is 36.3 Å². The second-order valence-electron chi connectivity index (χ2n) is 7.43. The van der Waals surface area contributed by atoms with Crippen LogP contribution in [0.5, 0.6) is 0 Å². The Labute approximate surface area is 184 Å². The Morgan fingerprint density at radius 3 is 2.61 bits per heavy atom. The molecule has 2 aliphatic heterocycles. The van der Waals surface area contributed by atoms with Gasteiger partial charge in [-0.15, -0.1) is 11.8 Å². The van der Waals surface area contributed by atoms with E-state index in [1.54, 1.807) is 23.2 Å². The van der Waals surface area contributed by atoms with Crippen LogP contribution >= 0.6 is 11.8 Å². The highest BCUT2D eigenvalue weighted by atomic mass is 32.2. The van der Waals surface area contributed by atoms with Crippen molar-refractivity contribution in [2.75, 3.05) is 5.75 Å². The van der Waals surface area contributed by atoms with Crippen LogP contribution in [-0.2, 0) is 26.3 Å². The predicted octanol–water partition coefficient (Wildman–Crippen LogP) is 0.403. The van der Waals surface area contributed by atoms with Gasteiger partial charge < -0.3 is 15.3 Å². The van der Waals surface area contributed by atoms with Crippen LogP contribution in [0.2, 0.25) is 0 Å². The van der Waals surface area contributed by atoms with Crippen LogP contribution in [0, 0.1) is 0 Å². The molecule has 3 atom stereocenters.